The highest BCUT2D eigenvalue weighted by atomic mass is 32.2. The smallest absolute Gasteiger partial charge is 0.394 e. The van der Waals surface area contributed by atoms with E-state index in [0.717, 1.165) is 74.0 Å². The third kappa shape index (κ3) is 23.8. The van der Waals surface area contributed by atoms with Crippen molar-refractivity contribution in [3.63, 3.8) is 0 Å². The molecule has 0 aliphatic heterocycles. The van der Waals surface area contributed by atoms with Crippen molar-refractivity contribution in [2.45, 2.75) is 198 Å². The van der Waals surface area contributed by atoms with Gasteiger partial charge in [-0.3, -0.25) is 14.4 Å². The summed E-state index contributed by atoms with van der Waals surface area (Å²) in [4.78, 5) is 73.9. The Morgan fingerprint density at radius 3 is 1.61 bits per heavy atom. The van der Waals surface area contributed by atoms with E-state index >= 15 is 0 Å². The molecule has 1 aromatic heterocycles. The summed E-state index contributed by atoms with van der Waals surface area (Å²) in [5.41, 5.74) is 1.70. The van der Waals surface area contributed by atoms with E-state index in [0.29, 0.717) is 34.7 Å². The van der Waals surface area contributed by atoms with Gasteiger partial charge in [-0.05, 0) is 73.2 Å². The summed E-state index contributed by atoms with van der Waals surface area (Å²) in [6.45, 7) is 5.56. The number of hydrogen-bond acceptors (Lipinski definition) is 9. The average Bonchev–Trinajstić information content (AvgIpc) is 4.08. The van der Waals surface area contributed by atoms with Crippen molar-refractivity contribution >= 4 is 57.0 Å². The quantitative estimate of drug-likeness (QED) is 0.0285. The summed E-state index contributed by atoms with van der Waals surface area (Å²) in [5.74, 6) is -6.35. The summed E-state index contributed by atoms with van der Waals surface area (Å²) in [7, 11) is -3.59. The first kappa shape index (κ1) is 60.2. The van der Waals surface area contributed by atoms with E-state index in [1.54, 1.807) is 48.5 Å². The largest absolute Gasteiger partial charge is 0.478 e. The van der Waals surface area contributed by atoms with Gasteiger partial charge in [-0.25, -0.2) is 27.5 Å². The minimum atomic E-state index is -3.59. The zero-order valence-electron chi connectivity index (χ0n) is 42.2. The lowest BCUT2D eigenvalue weighted by Crippen LogP contribution is -2.42. The zero-order chi connectivity index (χ0) is 51.9. The number of sulfonamides is 1. The highest BCUT2D eigenvalue weighted by Gasteiger charge is 2.31. The average molecular weight is 1030 g/mol. The first-order chi connectivity index (χ1) is 34.2. The number of thiophene rings is 1. The number of carboxylic acids is 3. The molecule has 17 heteroatoms. The molecule has 0 atom stereocenters. The number of unbranched alkanes of at least 4 members (excludes halogenated alkanes) is 18. The zero-order valence-corrected chi connectivity index (χ0v) is 43.8. The topological polar surface area (TPSA) is 228 Å². The van der Waals surface area contributed by atoms with Crippen molar-refractivity contribution in [2.75, 3.05) is 13.1 Å². The first-order valence-corrected chi connectivity index (χ1v) is 28.3. The predicted molar refractivity (Wildman–Crippen MR) is 278 cm³/mol. The van der Waals surface area contributed by atoms with Gasteiger partial charge in [0.1, 0.15) is 4.21 Å². The Hall–Kier alpha value is -5.13. The predicted octanol–water partition coefficient (Wildman–Crippen LogP) is 11.0. The molecule has 0 unspecified atom stereocenters. The van der Waals surface area contributed by atoms with Gasteiger partial charge < -0.3 is 30.4 Å². The number of nitrogens with one attached hydrogen (secondary N) is 2. The molecule has 1 aliphatic carbocycles. The molecule has 0 spiro atoms. The van der Waals surface area contributed by atoms with Crippen LogP contribution in [0.5, 0.6) is 0 Å². The van der Waals surface area contributed by atoms with Crippen molar-refractivity contribution in [1.82, 2.24) is 19.8 Å². The van der Waals surface area contributed by atoms with E-state index in [2.05, 4.69) is 23.9 Å². The molecular formula is C54H80N4O11S2. The minimum Gasteiger partial charge on any atom is -0.478 e. The second-order valence-corrected chi connectivity index (χ2v) is 21.7. The summed E-state index contributed by atoms with van der Waals surface area (Å²) in [6, 6.07) is 15.8. The van der Waals surface area contributed by atoms with E-state index in [1.807, 2.05) is 0 Å². The van der Waals surface area contributed by atoms with E-state index in [9.17, 15) is 47.4 Å². The molecule has 1 fully saturated rings. The molecule has 15 nitrogen and oxygen atoms in total. The van der Waals surface area contributed by atoms with Crippen LogP contribution in [0.3, 0.4) is 0 Å². The number of nitrogens with zero attached hydrogens (tertiary/aromatic N) is 2. The van der Waals surface area contributed by atoms with Crippen molar-refractivity contribution in [3.8, 4) is 0 Å². The Morgan fingerprint density at radius 1 is 0.577 bits per heavy atom. The Balaban J connectivity index is 0.000000379. The molecule has 3 aromatic rings. The SMILES string of the molecule is CCCCCCCCCCCCNC(=O)c1ccc(CN(Cc2cccc(C(=O)O)c2)C(=O)C(=O)O)cc1.CCCCCCCCCCCCNS(=O)(=O)c1ccc(CN(C(=O)C(=O)O)C2CCCC2)s1. The van der Waals surface area contributed by atoms with Gasteiger partial charge in [-0.2, -0.15) is 0 Å². The number of carbonyl (C=O) groups is 6. The molecule has 3 amide bonds. The Kier molecular flexibility index (Phi) is 29.0. The molecule has 5 N–H and O–H groups in total. The van der Waals surface area contributed by atoms with Gasteiger partial charge in [0.15, 0.2) is 0 Å². The number of carbonyl (C=O) groups excluding carboxylic acids is 3. The van der Waals surface area contributed by atoms with Gasteiger partial charge >= 0.3 is 29.7 Å². The standard InChI is InChI=1S/C30H40N2O6.C24H40N2O5S2/c1-2-3-4-5-6-7-8-9-10-11-19-31-27(33)25-17-15-23(16-18-25)21-32(28(34)30(37)38)22-24-13-12-14-26(20-24)29(35)36;1-2-3-4-5-6-7-8-9-10-13-18-25-33(30,31)22-17-16-21(32-22)19-26(23(27)24(28)29)20-14-11-12-15-20/h12-18,20H,2-11,19,21-22H2,1H3,(H,31,33)(H,35,36)(H,37,38);16-17,20,25H,2-15,18-19H2,1H3,(H,28,29). The third-order valence-electron chi connectivity index (χ3n) is 12.7. The lowest BCUT2D eigenvalue weighted by Gasteiger charge is -2.26. The number of aromatic carboxylic acids is 1. The molecule has 1 aliphatic rings. The number of rotatable bonds is 33. The second kappa shape index (κ2) is 34.3. The maximum absolute atomic E-state index is 12.6. The van der Waals surface area contributed by atoms with Gasteiger partial charge in [-0.15, -0.1) is 11.3 Å². The van der Waals surface area contributed by atoms with Crippen LogP contribution < -0.4 is 10.0 Å². The maximum Gasteiger partial charge on any atom is 0.394 e. The molecule has 0 bridgehead atoms. The van der Waals surface area contributed by atoms with Gasteiger partial charge in [-0.1, -0.05) is 167 Å². The van der Waals surface area contributed by atoms with Gasteiger partial charge in [0.2, 0.25) is 10.0 Å². The van der Waals surface area contributed by atoms with E-state index < -0.39 is 39.7 Å². The van der Waals surface area contributed by atoms with Crippen molar-refractivity contribution in [3.05, 3.63) is 87.8 Å². The molecule has 1 saturated carbocycles. The van der Waals surface area contributed by atoms with Gasteiger partial charge in [0, 0.05) is 42.7 Å². The maximum atomic E-state index is 12.6. The number of amides is 3. The van der Waals surface area contributed by atoms with E-state index in [1.165, 1.54) is 113 Å². The van der Waals surface area contributed by atoms with Crippen LogP contribution in [-0.2, 0) is 48.8 Å². The molecule has 2 aromatic carbocycles. The van der Waals surface area contributed by atoms with Crippen molar-refractivity contribution in [1.29, 1.82) is 0 Å². The van der Waals surface area contributed by atoms with E-state index in [-0.39, 0.29) is 41.4 Å². The molecule has 71 heavy (non-hydrogen) atoms. The molecule has 0 saturated heterocycles. The Labute approximate surface area is 426 Å². The van der Waals surface area contributed by atoms with Crippen LogP contribution in [-0.4, -0.2) is 88.3 Å². The van der Waals surface area contributed by atoms with Crippen LogP contribution in [0.1, 0.15) is 205 Å². The number of carboxylic acid groups (broad SMARTS) is 3. The van der Waals surface area contributed by atoms with Crippen LogP contribution in [0.25, 0.3) is 0 Å². The Morgan fingerprint density at radius 2 is 1.08 bits per heavy atom. The molecule has 4 rings (SSSR count). The number of aliphatic carboxylic acids is 2. The fourth-order valence-electron chi connectivity index (χ4n) is 8.61. The van der Waals surface area contributed by atoms with Gasteiger partial charge in [0.25, 0.3) is 5.91 Å². The van der Waals surface area contributed by atoms with Crippen molar-refractivity contribution < 1.29 is 52.5 Å². The third-order valence-corrected chi connectivity index (χ3v) is 15.7. The summed E-state index contributed by atoms with van der Waals surface area (Å²) < 4.78 is 28.1. The minimum absolute atomic E-state index is 0.00291. The van der Waals surface area contributed by atoms with Crippen LogP contribution in [0.4, 0.5) is 0 Å². The number of hydrogen-bond donors (Lipinski definition) is 5. The lowest BCUT2D eigenvalue weighted by molar-refractivity contribution is -0.157. The van der Waals surface area contributed by atoms with Crippen LogP contribution in [0.2, 0.25) is 0 Å². The van der Waals surface area contributed by atoms with Gasteiger partial charge in [0.05, 0.1) is 12.1 Å². The van der Waals surface area contributed by atoms with Crippen LogP contribution in [0, 0.1) is 0 Å². The first-order valence-electron chi connectivity index (χ1n) is 26.0. The van der Waals surface area contributed by atoms with E-state index in [4.69, 9.17) is 5.11 Å². The summed E-state index contributed by atoms with van der Waals surface area (Å²) in [6.07, 6.45) is 27.8. The molecule has 1 heterocycles. The lowest BCUT2D eigenvalue weighted by atomic mass is 10.1. The number of benzene rings is 2. The highest BCUT2D eigenvalue weighted by molar-refractivity contribution is 7.91. The fourth-order valence-corrected chi connectivity index (χ4v) is 11.1. The fraction of sp³-hybridized carbons (Fsp3) is 0.593. The molecule has 0 radical (unpaired) electrons. The second-order valence-electron chi connectivity index (χ2n) is 18.6. The van der Waals surface area contributed by atoms with Crippen LogP contribution >= 0.6 is 11.3 Å². The Bertz CT molecular complexity index is 2190. The summed E-state index contributed by atoms with van der Waals surface area (Å²) in [5, 5.41) is 30.5. The monoisotopic (exact) mass is 1020 g/mol. The highest BCUT2D eigenvalue weighted by Crippen LogP contribution is 2.29. The van der Waals surface area contributed by atoms with Crippen LogP contribution in [0.15, 0.2) is 64.9 Å². The normalized spacial score (nSPS) is 12.5. The van der Waals surface area contributed by atoms with Crippen molar-refractivity contribution in [2.24, 2.45) is 0 Å². The summed E-state index contributed by atoms with van der Waals surface area (Å²) >= 11 is 1.10. The molecule has 394 valence electrons. The molecular weight excluding hydrogens is 945 g/mol.